The minimum atomic E-state index is -0.297. The van der Waals surface area contributed by atoms with E-state index in [2.05, 4.69) is 25.6 Å². The third-order valence-corrected chi connectivity index (χ3v) is 3.16. The first-order valence-corrected chi connectivity index (χ1v) is 6.28. The lowest BCUT2D eigenvalue weighted by Gasteiger charge is -2.19. The van der Waals surface area contributed by atoms with Crippen LogP contribution >= 0.6 is 0 Å². The molecule has 0 unspecified atom stereocenters. The lowest BCUT2D eigenvalue weighted by atomic mass is 10.1. The number of nitrogens with zero attached hydrogens (tertiary/aromatic N) is 2. The Morgan fingerprint density at radius 2 is 2.37 bits per heavy atom. The molecule has 3 N–H and O–H groups in total. The van der Waals surface area contributed by atoms with Gasteiger partial charge in [0.15, 0.2) is 0 Å². The highest BCUT2D eigenvalue weighted by Crippen LogP contribution is 2.17. The Morgan fingerprint density at radius 1 is 1.42 bits per heavy atom. The zero-order valence-electron chi connectivity index (χ0n) is 10.4. The van der Waals surface area contributed by atoms with Gasteiger partial charge in [0.05, 0.1) is 0 Å². The van der Waals surface area contributed by atoms with Crippen LogP contribution in [0.3, 0.4) is 0 Å². The molecule has 0 bridgehead atoms. The molecule has 0 fully saturated rings. The van der Waals surface area contributed by atoms with E-state index >= 15 is 0 Å². The summed E-state index contributed by atoms with van der Waals surface area (Å²) in [5.74, 6) is 0.662. The van der Waals surface area contributed by atoms with E-state index in [4.69, 9.17) is 0 Å². The number of H-pyrrole nitrogens is 1. The molecular weight excluding hydrogens is 242 g/mol. The molecule has 1 aliphatic heterocycles. The van der Waals surface area contributed by atoms with Gasteiger partial charge in [-0.15, -0.1) is 0 Å². The molecule has 19 heavy (non-hydrogen) atoms. The second-order valence-electron chi connectivity index (χ2n) is 4.49. The summed E-state index contributed by atoms with van der Waals surface area (Å²) in [5.41, 5.74) is 2.79. The van der Waals surface area contributed by atoms with Crippen LogP contribution < -0.4 is 16.3 Å². The van der Waals surface area contributed by atoms with Gasteiger partial charge in [-0.2, -0.15) is 4.98 Å². The van der Waals surface area contributed by atoms with E-state index < -0.39 is 0 Å². The number of aromatic amines is 1. The average molecular weight is 257 g/mol. The van der Waals surface area contributed by atoms with Gasteiger partial charge >= 0.3 is 5.69 Å². The van der Waals surface area contributed by atoms with Gasteiger partial charge in [0.1, 0.15) is 5.82 Å². The van der Waals surface area contributed by atoms with Crippen LogP contribution in [0.5, 0.6) is 0 Å². The molecule has 0 spiro atoms. The Hall–Kier alpha value is -2.21. The minimum absolute atomic E-state index is 0.297. The lowest BCUT2D eigenvalue weighted by Crippen LogP contribution is -2.30. The molecule has 0 aliphatic carbocycles. The molecule has 1 aliphatic rings. The highest BCUT2D eigenvalue weighted by atomic mass is 16.1. The second-order valence-corrected chi connectivity index (χ2v) is 4.49. The van der Waals surface area contributed by atoms with Crippen LogP contribution in [0, 0.1) is 0 Å². The zero-order chi connectivity index (χ0) is 13.1. The second kappa shape index (κ2) is 5.19. The van der Waals surface area contributed by atoms with Crippen LogP contribution in [0.2, 0.25) is 0 Å². The van der Waals surface area contributed by atoms with E-state index in [0.29, 0.717) is 12.4 Å². The van der Waals surface area contributed by atoms with Crippen molar-refractivity contribution >= 4 is 5.82 Å². The SMILES string of the molecule is O=c1nc(NCc2cccnc2)c2c([nH]1)CCNC2. The van der Waals surface area contributed by atoms with Crippen LogP contribution in [0.1, 0.15) is 16.8 Å². The number of hydrogen-bond donors (Lipinski definition) is 3. The van der Waals surface area contributed by atoms with E-state index in [1.165, 1.54) is 0 Å². The minimum Gasteiger partial charge on any atom is -0.365 e. The molecule has 0 saturated heterocycles. The summed E-state index contributed by atoms with van der Waals surface area (Å²) in [6.45, 7) is 2.22. The largest absolute Gasteiger partial charge is 0.365 e. The van der Waals surface area contributed by atoms with Gasteiger partial charge in [-0.25, -0.2) is 4.79 Å². The Kier molecular flexibility index (Phi) is 3.24. The fraction of sp³-hybridized carbons (Fsp3) is 0.308. The third kappa shape index (κ3) is 2.63. The van der Waals surface area contributed by atoms with Crippen molar-refractivity contribution in [3.05, 3.63) is 51.8 Å². The number of pyridine rings is 1. The number of anilines is 1. The quantitative estimate of drug-likeness (QED) is 0.742. The highest BCUT2D eigenvalue weighted by molar-refractivity contribution is 5.47. The van der Waals surface area contributed by atoms with Gasteiger partial charge in [-0.1, -0.05) is 6.07 Å². The number of fused-ring (bicyclic) bond motifs is 1. The smallest absolute Gasteiger partial charge is 0.347 e. The van der Waals surface area contributed by atoms with Crippen molar-refractivity contribution in [2.24, 2.45) is 0 Å². The molecule has 0 atom stereocenters. The summed E-state index contributed by atoms with van der Waals surface area (Å²) in [7, 11) is 0. The standard InChI is InChI=1S/C13H15N5O/c19-13-17-11-3-5-15-8-10(11)12(18-13)16-7-9-2-1-4-14-6-9/h1-2,4,6,15H,3,5,7-8H2,(H2,16,17,18,19). The van der Waals surface area contributed by atoms with Crippen LogP contribution in [0.25, 0.3) is 0 Å². The fourth-order valence-corrected chi connectivity index (χ4v) is 2.21. The molecule has 0 aromatic carbocycles. The number of rotatable bonds is 3. The molecule has 6 heteroatoms. The van der Waals surface area contributed by atoms with Gasteiger partial charge in [0.25, 0.3) is 0 Å². The van der Waals surface area contributed by atoms with Crippen molar-refractivity contribution in [3.63, 3.8) is 0 Å². The third-order valence-electron chi connectivity index (χ3n) is 3.16. The van der Waals surface area contributed by atoms with Crippen molar-refractivity contribution in [2.75, 3.05) is 11.9 Å². The van der Waals surface area contributed by atoms with E-state index in [0.717, 1.165) is 36.3 Å². The lowest BCUT2D eigenvalue weighted by molar-refractivity contribution is 0.623. The number of hydrogen-bond acceptors (Lipinski definition) is 5. The van der Waals surface area contributed by atoms with E-state index in [1.807, 2.05) is 12.1 Å². The average Bonchev–Trinajstić information content (AvgIpc) is 2.45. The maximum atomic E-state index is 11.5. The Bertz CT molecular complexity index is 623. The van der Waals surface area contributed by atoms with Crippen LogP contribution in [0.15, 0.2) is 29.3 Å². The molecule has 0 amide bonds. The normalized spacial score (nSPS) is 13.9. The van der Waals surface area contributed by atoms with Gasteiger partial charge < -0.3 is 15.6 Å². The van der Waals surface area contributed by atoms with Crippen LogP contribution in [0.4, 0.5) is 5.82 Å². The monoisotopic (exact) mass is 257 g/mol. The summed E-state index contributed by atoms with van der Waals surface area (Å²) in [5, 5.41) is 6.50. The van der Waals surface area contributed by atoms with E-state index in [1.54, 1.807) is 12.4 Å². The predicted molar refractivity (Wildman–Crippen MR) is 71.8 cm³/mol. The van der Waals surface area contributed by atoms with Gasteiger partial charge in [-0.05, 0) is 11.6 Å². The molecular formula is C13H15N5O. The van der Waals surface area contributed by atoms with Gasteiger partial charge in [0, 0.05) is 49.7 Å². The van der Waals surface area contributed by atoms with Crippen LogP contribution in [-0.2, 0) is 19.5 Å². The molecule has 98 valence electrons. The predicted octanol–water partition coefficient (Wildman–Crippen LogP) is 0.423. The van der Waals surface area contributed by atoms with Gasteiger partial charge in [-0.3, -0.25) is 4.98 Å². The first-order chi connectivity index (χ1) is 9.33. The fourth-order valence-electron chi connectivity index (χ4n) is 2.21. The summed E-state index contributed by atoms with van der Waals surface area (Å²) in [4.78, 5) is 22.4. The van der Waals surface area contributed by atoms with Crippen molar-refractivity contribution < 1.29 is 0 Å². The molecule has 6 nitrogen and oxygen atoms in total. The first-order valence-electron chi connectivity index (χ1n) is 6.28. The first kappa shape index (κ1) is 11.9. The molecule has 0 radical (unpaired) electrons. The Morgan fingerprint density at radius 3 is 3.21 bits per heavy atom. The maximum absolute atomic E-state index is 11.5. The van der Waals surface area contributed by atoms with Gasteiger partial charge in [0.2, 0.25) is 0 Å². The summed E-state index contributed by atoms with van der Waals surface area (Å²) in [6, 6.07) is 3.87. The summed E-state index contributed by atoms with van der Waals surface area (Å²) >= 11 is 0. The highest BCUT2D eigenvalue weighted by Gasteiger charge is 2.15. The molecule has 0 saturated carbocycles. The Balaban J connectivity index is 1.84. The van der Waals surface area contributed by atoms with Crippen molar-refractivity contribution in [1.82, 2.24) is 20.3 Å². The zero-order valence-corrected chi connectivity index (χ0v) is 10.4. The molecule has 3 heterocycles. The summed E-state index contributed by atoms with van der Waals surface area (Å²) in [6.07, 6.45) is 4.36. The van der Waals surface area contributed by atoms with E-state index in [-0.39, 0.29) is 5.69 Å². The summed E-state index contributed by atoms with van der Waals surface area (Å²) < 4.78 is 0. The van der Waals surface area contributed by atoms with Crippen molar-refractivity contribution in [3.8, 4) is 0 Å². The van der Waals surface area contributed by atoms with Crippen molar-refractivity contribution in [2.45, 2.75) is 19.5 Å². The van der Waals surface area contributed by atoms with Crippen LogP contribution in [-0.4, -0.2) is 21.5 Å². The molecule has 2 aromatic heterocycles. The maximum Gasteiger partial charge on any atom is 0.347 e. The van der Waals surface area contributed by atoms with E-state index in [9.17, 15) is 4.79 Å². The number of nitrogens with one attached hydrogen (secondary N) is 3. The topological polar surface area (TPSA) is 82.7 Å². The molecule has 2 aromatic rings. The van der Waals surface area contributed by atoms with Crippen molar-refractivity contribution in [1.29, 1.82) is 0 Å². The Labute approximate surface area is 110 Å². The number of aromatic nitrogens is 3. The molecule has 3 rings (SSSR count).